The van der Waals surface area contributed by atoms with Gasteiger partial charge in [-0.1, -0.05) is 74.0 Å². The summed E-state index contributed by atoms with van der Waals surface area (Å²) in [6.07, 6.45) is 1.88. The summed E-state index contributed by atoms with van der Waals surface area (Å²) in [7, 11) is -4.08. The Bertz CT molecular complexity index is 1410. The Hall–Kier alpha value is -3.96. The number of guanidine groups is 1. The van der Waals surface area contributed by atoms with Crippen LogP contribution < -0.4 is 16.2 Å². The number of benzene rings is 3. The standard InChI is InChI=1S/C29H37N5O5S/c1-2-3-18-34(20-27(35)39-21-22-10-5-4-6-11-22)28(36)26(14-9-17-32-29(30)31)33-40(37,38)25-16-15-23-12-7-8-13-24(23)19-25/h4-8,10-13,15-16,19,26,33H,2-3,9,14,17-18,20-21H2,1H3,(H4,30,31,32)/t26-/m0/s1. The van der Waals surface area contributed by atoms with Crippen LogP contribution in [0.5, 0.6) is 0 Å². The van der Waals surface area contributed by atoms with Gasteiger partial charge in [0.15, 0.2) is 5.96 Å². The Labute approximate surface area is 235 Å². The van der Waals surface area contributed by atoms with Crippen molar-refractivity contribution in [3.8, 4) is 0 Å². The molecule has 0 aliphatic heterocycles. The van der Waals surface area contributed by atoms with Gasteiger partial charge in [-0.2, -0.15) is 4.72 Å². The van der Waals surface area contributed by atoms with Crippen LogP contribution >= 0.6 is 0 Å². The first-order valence-corrected chi connectivity index (χ1v) is 14.7. The highest BCUT2D eigenvalue weighted by Gasteiger charge is 2.30. The van der Waals surface area contributed by atoms with Crippen molar-refractivity contribution in [3.63, 3.8) is 0 Å². The maximum Gasteiger partial charge on any atom is 0.325 e. The summed E-state index contributed by atoms with van der Waals surface area (Å²) in [4.78, 5) is 31.7. The lowest BCUT2D eigenvalue weighted by Gasteiger charge is -2.27. The third kappa shape index (κ3) is 9.35. The average Bonchev–Trinajstić information content (AvgIpc) is 2.95. The lowest BCUT2D eigenvalue weighted by atomic mass is 10.1. The number of amides is 1. The minimum Gasteiger partial charge on any atom is -0.459 e. The summed E-state index contributed by atoms with van der Waals surface area (Å²) in [6.45, 7) is 2.24. The van der Waals surface area contributed by atoms with E-state index in [0.717, 1.165) is 22.8 Å². The molecule has 0 fully saturated rings. The van der Waals surface area contributed by atoms with Crippen LogP contribution in [0.2, 0.25) is 0 Å². The second-order valence-corrected chi connectivity index (χ2v) is 11.1. The third-order valence-electron chi connectivity index (χ3n) is 6.23. The zero-order valence-electron chi connectivity index (χ0n) is 22.7. The van der Waals surface area contributed by atoms with E-state index >= 15 is 0 Å². The lowest BCUT2D eigenvalue weighted by Crippen LogP contribution is -2.50. The molecule has 3 aromatic carbocycles. The second kappa shape index (κ2) is 15.0. The second-order valence-electron chi connectivity index (χ2n) is 9.39. The zero-order valence-corrected chi connectivity index (χ0v) is 23.5. The number of carbonyl (C=O) groups is 2. The molecule has 0 saturated carbocycles. The fraction of sp³-hybridized carbons (Fsp3) is 0.345. The van der Waals surface area contributed by atoms with Crippen molar-refractivity contribution < 1.29 is 22.7 Å². The van der Waals surface area contributed by atoms with Crippen molar-refractivity contribution in [1.82, 2.24) is 9.62 Å². The number of esters is 1. The van der Waals surface area contributed by atoms with E-state index in [4.69, 9.17) is 16.2 Å². The minimum atomic E-state index is -4.08. The molecule has 0 unspecified atom stereocenters. The maximum atomic E-state index is 13.7. The first-order valence-electron chi connectivity index (χ1n) is 13.2. The molecule has 0 bridgehead atoms. The summed E-state index contributed by atoms with van der Waals surface area (Å²) in [5, 5.41) is 1.65. The van der Waals surface area contributed by atoms with Gasteiger partial charge in [0.05, 0.1) is 4.90 Å². The van der Waals surface area contributed by atoms with Crippen molar-refractivity contribution in [3.05, 3.63) is 78.4 Å². The van der Waals surface area contributed by atoms with Gasteiger partial charge in [0.1, 0.15) is 19.2 Å². The highest BCUT2D eigenvalue weighted by Crippen LogP contribution is 2.20. The summed E-state index contributed by atoms with van der Waals surface area (Å²) in [5.41, 5.74) is 11.6. The van der Waals surface area contributed by atoms with Crippen LogP contribution in [0.3, 0.4) is 0 Å². The predicted octanol–water partition coefficient (Wildman–Crippen LogP) is 2.91. The smallest absolute Gasteiger partial charge is 0.325 e. The van der Waals surface area contributed by atoms with E-state index in [1.54, 1.807) is 12.1 Å². The molecule has 5 N–H and O–H groups in total. The van der Waals surface area contributed by atoms with Crippen molar-refractivity contribution in [2.45, 2.75) is 50.2 Å². The number of unbranched alkanes of at least 4 members (excludes halogenated alkanes) is 1. The van der Waals surface area contributed by atoms with Gasteiger partial charge < -0.3 is 21.1 Å². The Morgan fingerprint density at radius 1 is 0.975 bits per heavy atom. The molecule has 1 amide bonds. The largest absolute Gasteiger partial charge is 0.459 e. The first-order chi connectivity index (χ1) is 19.2. The number of nitrogens with zero attached hydrogens (tertiary/aromatic N) is 2. The number of nitrogens with two attached hydrogens (primary N) is 2. The van der Waals surface area contributed by atoms with E-state index in [0.29, 0.717) is 12.8 Å². The summed E-state index contributed by atoms with van der Waals surface area (Å²) < 4.78 is 34.8. The fourth-order valence-corrected chi connectivity index (χ4v) is 5.36. The van der Waals surface area contributed by atoms with Crippen LogP contribution in [0, 0.1) is 0 Å². The average molecular weight is 568 g/mol. The van der Waals surface area contributed by atoms with Gasteiger partial charge >= 0.3 is 5.97 Å². The Morgan fingerprint density at radius 2 is 1.68 bits per heavy atom. The van der Waals surface area contributed by atoms with Gasteiger partial charge in [-0.25, -0.2) is 8.42 Å². The van der Waals surface area contributed by atoms with E-state index in [1.165, 1.54) is 11.0 Å². The number of hydrogen-bond donors (Lipinski definition) is 3. The van der Waals surface area contributed by atoms with Gasteiger partial charge in [0, 0.05) is 13.1 Å². The Balaban J connectivity index is 1.79. The van der Waals surface area contributed by atoms with E-state index in [-0.39, 0.29) is 43.5 Å². The molecule has 0 radical (unpaired) electrons. The van der Waals surface area contributed by atoms with E-state index in [9.17, 15) is 18.0 Å². The SMILES string of the molecule is CCCCN(CC(=O)OCc1ccccc1)C(=O)[C@H](CCCN=C(N)N)NS(=O)(=O)c1ccc2ccccc2c1. The third-order valence-corrected chi connectivity index (χ3v) is 7.70. The molecule has 0 heterocycles. The molecule has 0 aliphatic carbocycles. The molecular weight excluding hydrogens is 530 g/mol. The molecule has 0 aromatic heterocycles. The summed E-state index contributed by atoms with van der Waals surface area (Å²) in [5.74, 6) is -1.19. The van der Waals surface area contributed by atoms with Crippen LogP contribution in [0.15, 0.2) is 82.7 Å². The van der Waals surface area contributed by atoms with Crippen molar-refractivity contribution in [1.29, 1.82) is 0 Å². The van der Waals surface area contributed by atoms with Crippen molar-refractivity contribution >= 4 is 38.6 Å². The number of hydrogen-bond acceptors (Lipinski definition) is 6. The molecule has 1 atom stereocenters. The quantitative estimate of drug-likeness (QED) is 0.110. The molecule has 3 aromatic rings. The molecular formula is C29H37N5O5S. The molecule has 10 nitrogen and oxygen atoms in total. The summed E-state index contributed by atoms with van der Waals surface area (Å²) in [6, 6.07) is 20.3. The van der Waals surface area contributed by atoms with Crippen LogP contribution in [0.4, 0.5) is 0 Å². The maximum absolute atomic E-state index is 13.7. The van der Waals surface area contributed by atoms with Gasteiger partial charge in [-0.15, -0.1) is 0 Å². The number of aliphatic imine (C=N–C) groups is 1. The molecule has 11 heteroatoms. The summed E-state index contributed by atoms with van der Waals surface area (Å²) >= 11 is 0. The van der Waals surface area contributed by atoms with Gasteiger partial charge in [-0.05, 0) is 47.7 Å². The van der Waals surface area contributed by atoms with Crippen molar-refractivity contribution in [2.24, 2.45) is 16.5 Å². The number of fused-ring (bicyclic) bond motifs is 1. The number of sulfonamides is 1. The number of rotatable bonds is 15. The van der Waals surface area contributed by atoms with Crippen LogP contribution in [-0.4, -0.2) is 56.8 Å². The van der Waals surface area contributed by atoms with Crippen LogP contribution in [0.1, 0.15) is 38.2 Å². The normalized spacial score (nSPS) is 12.0. The Kier molecular flexibility index (Phi) is 11.5. The van der Waals surface area contributed by atoms with Crippen molar-refractivity contribution in [2.75, 3.05) is 19.6 Å². The molecule has 0 saturated heterocycles. The van der Waals surface area contributed by atoms with E-state index in [2.05, 4.69) is 9.71 Å². The molecule has 3 rings (SSSR count). The number of ether oxygens (including phenoxy) is 1. The zero-order chi connectivity index (χ0) is 29.0. The van der Waals surface area contributed by atoms with Crippen LogP contribution in [0.25, 0.3) is 10.8 Å². The van der Waals surface area contributed by atoms with Gasteiger partial charge in [-0.3, -0.25) is 14.6 Å². The first kappa shape index (κ1) is 30.6. The molecule has 0 aliphatic rings. The predicted molar refractivity (Wildman–Crippen MR) is 156 cm³/mol. The highest BCUT2D eigenvalue weighted by molar-refractivity contribution is 7.89. The minimum absolute atomic E-state index is 0.0376. The Morgan fingerprint density at radius 3 is 2.38 bits per heavy atom. The highest BCUT2D eigenvalue weighted by atomic mass is 32.2. The van der Waals surface area contributed by atoms with E-state index < -0.39 is 27.9 Å². The number of nitrogens with one attached hydrogen (secondary N) is 1. The topological polar surface area (TPSA) is 157 Å². The van der Waals surface area contributed by atoms with Gasteiger partial charge in [0.25, 0.3) is 0 Å². The molecule has 214 valence electrons. The lowest BCUT2D eigenvalue weighted by molar-refractivity contribution is -0.151. The van der Waals surface area contributed by atoms with E-state index in [1.807, 2.05) is 61.5 Å². The number of carbonyl (C=O) groups excluding carboxylic acids is 2. The fourth-order valence-electron chi connectivity index (χ4n) is 4.10. The van der Waals surface area contributed by atoms with Gasteiger partial charge in [0.2, 0.25) is 15.9 Å². The monoisotopic (exact) mass is 567 g/mol. The van der Waals surface area contributed by atoms with Crippen LogP contribution in [-0.2, 0) is 31.0 Å². The molecule has 0 spiro atoms. The molecule has 40 heavy (non-hydrogen) atoms.